The van der Waals surface area contributed by atoms with E-state index in [9.17, 15) is 0 Å². The summed E-state index contributed by atoms with van der Waals surface area (Å²) in [6.07, 6.45) is 1.93. The molecule has 0 saturated heterocycles. The van der Waals surface area contributed by atoms with Gasteiger partial charge in [-0.1, -0.05) is 35.9 Å². The Labute approximate surface area is 120 Å². The van der Waals surface area contributed by atoms with Gasteiger partial charge >= 0.3 is 0 Å². The lowest BCUT2D eigenvalue weighted by molar-refractivity contribution is 0.971. The molecule has 0 N–H and O–H groups in total. The van der Waals surface area contributed by atoms with Gasteiger partial charge in [0.2, 0.25) is 0 Å². The van der Waals surface area contributed by atoms with Crippen LogP contribution in [0.3, 0.4) is 0 Å². The van der Waals surface area contributed by atoms with Crippen LogP contribution in [0.1, 0.15) is 0 Å². The average Bonchev–Trinajstić information content (AvgIpc) is 2.92. The first-order chi connectivity index (χ1) is 9.81. The zero-order valence-corrected chi connectivity index (χ0v) is 11.2. The molecule has 4 heteroatoms. The molecule has 0 radical (unpaired) electrons. The fourth-order valence-corrected chi connectivity index (χ4v) is 2.45. The van der Waals surface area contributed by atoms with Gasteiger partial charge in [0.05, 0.1) is 0 Å². The standard InChI is InChI=1S/C16H10ClN3/c17-13-7-5-12(6-8-13)15-18-16-14-4-2-1-3-11(14)9-10-20(16)19-15/h1-10H. The number of rotatable bonds is 1. The third kappa shape index (κ3) is 1.75. The summed E-state index contributed by atoms with van der Waals surface area (Å²) >= 11 is 5.91. The van der Waals surface area contributed by atoms with Gasteiger partial charge in [-0.05, 0) is 35.7 Å². The fourth-order valence-electron chi connectivity index (χ4n) is 2.33. The van der Waals surface area contributed by atoms with Crippen LogP contribution >= 0.6 is 11.6 Å². The van der Waals surface area contributed by atoms with Crippen LogP contribution in [0.25, 0.3) is 27.8 Å². The molecule has 0 aliphatic heterocycles. The summed E-state index contributed by atoms with van der Waals surface area (Å²) in [5.74, 6) is 0.706. The van der Waals surface area contributed by atoms with Gasteiger partial charge in [0.15, 0.2) is 11.5 Å². The largest absolute Gasteiger partial charge is 0.220 e. The van der Waals surface area contributed by atoms with Crippen molar-refractivity contribution in [2.75, 3.05) is 0 Å². The first kappa shape index (κ1) is 11.4. The van der Waals surface area contributed by atoms with Crippen LogP contribution in [-0.4, -0.2) is 14.6 Å². The number of fused-ring (bicyclic) bond motifs is 3. The Bertz CT molecular complexity index is 910. The molecule has 0 saturated carbocycles. The van der Waals surface area contributed by atoms with Gasteiger partial charge in [0.1, 0.15) is 0 Å². The SMILES string of the molecule is Clc1ccc(-c2nc3c4ccccc4ccn3n2)cc1. The van der Waals surface area contributed by atoms with Crippen molar-refractivity contribution in [3.8, 4) is 11.4 Å². The van der Waals surface area contributed by atoms with Crippen molar-refractivity contribution < 1.29 is 0 Å². The Morgan fingerprint density at radius 2 is 1.70 bits per heavy atom. The summed E-state index contributed by atoms with van der Waals surface area (Å²) in [5.41, 5.74) is 1.83. The highest BCUT2D eigenvalue weighted by Crippen LogP contribution is 2.23. The maximum atomic E-state index is 5.91. The van der Waals surface area contributed by atoms with Crippen molar-refractivity contribution in [2.45, 2.75) is 0 Å². The van der Waals surface area contributed by atoms with E-state index in [1.165, 1.54) is 0 Å². The Kier molecular flexibility index (Phi) is 2.47. The maximum Gasteiger partial charge on any atom is 0.182 e. The van der Waals surface area contributed by atoms with Crippen molar-refractivity contribution in [1.29, 1.82) is 0 Å². The molecule has 0 spiro atoms. The highest BCUT2D eigenvalue weighted by molar-refractivity contribution is 6.30. The van der Waals surface area contributed by atoms with E-state index in [1.807, 2.05) is 53.2 Å². The first-order valence-electron chi connectivity index (χ1n) is 6.31. The van der Waals surface area contributed by atoms with Crippen molar-refractivity contribution in [2.24, 2.45) is 0 Å². The number of halogens is 1. The molecule has 96 valence electrons. The average molecular weight is 280 g/mol. The smallest absolute Gasteiger partial charge is 0.182 e. The molecule has 3 nitrogen and oxygen atoms in total. The Morgan fingerprint density at radius 1 is 0.900 bits per heavy atom. The van der Waals surface area contributed by atoms with E-state index in [2.05, 4.69) is 22.2 Å². The van der Waals surface area contributed by atoms with Crippen LogP contribution in [0, 0.1) is 0 Å². The van der Waals surface area contributed by atoms with Gasteiger partial charge in [0.25, 0.3) is 0 Å². The van der Waals surface area contributed by atoms with E-state index < -0.39 is 0 Å². The molecule has 0 fully saturated rings. The topological polar surface area (TPSA) is 30.2 Å². The van der Waals surface area contributed by atoms with Crippen LogP contribution in [0.4, 0.5) is 0 Å². The summed E-state index contributed by atoms with van der Waals surface area (Å²) in [6, 6.07) is 17.8. The summed E-state index contributed by atoms with van der Waals surface area (Å²) in [4.78, 5) is 4.65. The van der Waals surface area contributed by atoms with Crippen LogP contribution in [0.15, 0.2) is 60.8 Å². The highest BCUT2D eigenvalue weighted by atomic mass is 35.5. The number of nitrogens with zero attached hydrogens (tertiary/aromatic N) is 3. The molecular formula is C16H10ClN3. The molecule has 2 heterocycles. The molecule has 0 amide bonds. The zero-order valence-electron chi connectivity index (χ0n) is 10.5. The van der Waals surface area contributed by atoms with E-state index in [4.69, 9.17) is 11.6 Å². The van der Waals surface area contributed by atoms with Gasteiger partial charge in [-0.15, -0.1) is 5.10 Å². The monoisotopic (exact) mass is 279 g/mol. The molecule has 0 aliphatic rings. The van der Waals surface area contributed by atoms with Crippen molar-refractivity contribution in [3.05, 3.63) is 65.8 Å². The van der Waals surface area contributed by atoms with E-state index in [-0.39, 0.29) is 0 Å². The molecule has 4 rings (SSSR count). The lowest BCUT2D eigenvalue weighted by Crippen LogP contribution is -1.87. The second-order valence-corrected chi connectivity index (χ2v) is 5.05. The molecule has 0 bridgehead atoms. The van der Waals surface area contributed by atoms with E-state index >= 15 is 0 Å². The molecular weight excluding hydrogens is 270 g/mol. The summed E-state index contributed by atoms with van der Waals surface area (Å²) in [6.45, 7) is 0. The van der Waals surface area contributed by atoms with Gasteiger partial charge in [-0.25, -0.2) is 9.50 Å². The number of hydrogen-bond acceptors (Lipinski definition) is 2. The first-order valence-corrected chi connectivity index (χ1v) is 6.69. The highest BCUT2D eigenvalue weighted by Gasteiger charge is 2.08. The summed E-state index contributed by atoms with van der Waals surface area (Å²) in [7, 11) is 0. The molecule has 4 aromatic rings. The van der Waals surface area contributed by atoms with Gasteiger partial charge in [0, 0.05) is 22.2 Å². The molecule has 2 aromatic heterocycles. The predicted molar refractivity (Wildman–Crippen MR) is 80.9 cm³/mol. The quantitative estimate of drug-likeness (QED) is 0.523. The summed E-state index contributed by atoms with van der Waals surface area (Å²) in [5, 5.41) is 7.50. The normalized spacial score (nSPS) is 11.2. The second kappa shape index (κ2) is 4.32. The number of pyridine rings is 1. The molecule has 0 atom stereocenters. The van der Waals surface area contributed by atoms with E-state index in [0.717, 1.165) is 22.0 Å². The van der Waals surface area contributed by atoms with Crippen LogP contribution in [0.5, 0.6) is 0 Å². The Morgan fingerprint density at radius 3 is 2.55 bits per heavy atom. The third-order valence-corrected chi connectivity index (χ3v) is 3.58. The minimum absolute atomic E-state index is 0.706. The van der Waals surface area contributed by atoms with Crippen LogP contribution in [-0.2, 0) is 0 Å². The minimum Gasteiger partial charge on any atom is -0.220 e. The zero-order chi connectivity index (χ0) is 13.5. The lowest BCUT2D eigenvalue weighted by Gasteiger charge is -1.97. The molecule has 0 aliphatic carbocycles. The Balaban J connectivity index is 1.98. The lowest BCUT2D eigenvalue weighted by atomic mass is 10.2. The summed E-state index contributed by atoms with van der Waals surface area (Å²) < 4.78 is 1.81. The van der Waals surface area contributed by atoms with Crippen molar-refractivity contribution in [1.82, 2.24) is 14.6 Å². The molecule has 2 aromatic carbocycles. The molecule has 20 heavy (non-hydrogen) atoms. The van der Waals surface area contributed by atoms with Crippen molar-refractivity contribution >= 4 is 28.0 Å². The predicted octanol–water partition coefficient (Wildman–Crippen LogP) is 4.20. The van der Waals surface area contributed by atoms with Gasteiger partial charge < -0.3 is 0 Å². The second-order valence-electron chi connectivity index (χ2n) is 4.61. The van der Waals surface area contributed by atoms with E-state index in [0.29, 0.717) is 10.8 Å². The number of aromatic nitrogens is 3. The van der Waals surface area contributed by atoms with Crippen LogP contribution in [0.2, 0.25) is 5.02 Å². The molecule has 0 unspecified atom stereocenters. The third-order valence-electron chi connectivity index (χ3n) is 3.33. The Hall–Kier alpha value is -2.39. The van der Waals surface area contributed by atoms with Gasteiger partial charge in [-0.2, -0.15) is 0 Å². The maximum absolute atomic E-state index is 5.91. The number of benzene rings is 2. The minimum atomic E-state index is 0.706. The van der Waals surface area contributed by atoms with Crippen LogP contribution < -0.4 is 0 Å². The van der Waals surface area contributed by atoms with Crippen molar-refractivity contribution in [3.63, 3.8) is 0 Å². The fraction of sp³-hybridized carbons (Fsp3) is 0. The van der Waals surface area contributed by atoms with E-state index in [1.54, 1.807) is 0 Å². The number of hydrogen-bond donors (Lipinski definition) is 0. The van der Waals surface area contributed by atoms with Gasteiger partial charge in [-0.3, -0.25) is 0 Å².